The molecule has 5 aliphatic rings. The smallest absolute Gasteiger partial charge is 0.314 e. The van der Waals surface area contributed by atoms with Gasteiger partial charge in [-0.25, -0.2) is 13.2 Å². The number of amides is 2. The van der Waals surface area contributed by atoms with Gasteiger partial charge in [0.2, 0.25) is 9.84 Å². The Bertz CT molecular complexity index is 1780. The number of nitrogens with zero attached hydrogens (tertiary/aromatic N) is 5. The average molecular weight is 672 g/mol. The number of likely N-dealkylation sites (tertiary alicyclic amines) is 1. The van der Waals surface area contributed by atoms with Crippen molar-refractivity contribution in [1.29, 1.82) is 0 Å². The molecule has 11 heteroatoms. The van der Waals surface area contributed by atoms with Crippen molar-refractivity contribution in [3.63, 3.8) is 0 Å². The van der Waals surface area contributed by atoms with E-state index >= 15 is 0 Å². The number of nitrogens with one attached hydrogen (secondary N) is 2. The Morgan fingerprint density at radius 1 is 1.02 bits per heavy atom. The molecule has 0 bridgehead atoms. The van der Waals surface area contributed by atoms with Gasteiger partial charge in [-0.1, -0.05) is 37.6 Å². The van der Waals surface area contributed by atoms with Crippen LogP contribution in [0.25, 0.3) is 0 Å². The third-order valence-corrected chi connectivity index (χ3v) is 14.4. The number of carbonyl (C=O) groups excluding carboxylic acids is 1. The van der Waals surface area contributed by atoms with Crippen molar-refractivity contribution in [3.05, 3.63) is 72.1 Å². The second-order valence-electron chi connectivity index (χ2n) is 14.9. The van der Waals surface area contributed by atoms with E-state index < -0.39 is 9.84 Å². The van der Waals surface area contributed by atoms with Gasteiger partial charge in [-0.05, 0) is 86.6 Å². The first-order valence-electron chi connectivity index (χ1n) is 17.8. The number of hydrogen-bond donors (Lipinski definition) is 2. The van der Waals surface area contributed by atoms with E-state index in [1.165, 1.54) is 48.3 Å². The molecule has 256 valence electrons. The van der Waals surface area contributed by atoms with Crippen LogP contribution in [0, 0.1) is 17.3 Å². The number of benzene rings is 2. The van der Waals surface area contributed by atoms with Crippen LogP contribution in [0.15, 0.2) is 70.7 Å². The number of sulfone groups is 1. The number of hydrogen-bond acceptors (Lipinski definition) is 7. The third-order valence-electron chi connectivity index (χ3n) is 12.7. The van der Waals surface area contributed by atoms with Crippen molar-refractivity contribution in [2.24, 2.45) is 24.3 Å². The Hall–Kier alpha value is -3.41. The molecule has 48 heavy (non-hydrogen) atoms. The minimum atomic E-state index is -3.56. The number of rotatable bonds is 8. The van der Waals surface area contributed by atoms with Crippen LogP contribution >= 0.6 is 0 Å². The molecule has 0 radical (unpaired) electrons. The van der Waals surface area contributed by atoms with E-state index in [2.05, 4.69) is 61.6 Å². The zero-order valence-corrected chi connectivity index (χ0v) is 29.3. The summed E-state index contributed by atoms with van der Waals surface area (Å²) in [5, 5.41) is 10.3. The molecular formula is C37H49N7O3S. The first-order valence-corrected chi connectivity index (χ1v) is 19.3. The predicted octanol–water partition coefficient (Wildman–Crippen LogP) is 4.02. The van der Waals surface area contributed by atoms with Gasteiger partial charge < -0.3 is 20.4 Å². The number of fused-ring (bicyclic) bond motifs is 5. The van der Waals surface area contributed by atoms with Crippen LogP contribution < -0.4 is 15.5 Å². The van der Waals surface area contributed by atoms with Crippen molar-refractivity contribution in [3.8, 4) is 0 Å². The Labute approximate surface area is 284 Å². The molecule has 3 aliphatic heterocycles. The topological polar surface area (TPSA) is 103 Å². The lowest BCUT2D eigenvalue weighted by Gasteiger charge is -2.46. The number of aromatic nitrogens is 2. The molecule has 2 saturated heterocycles. The summed E-state index contributed by atoms with van der Waals surface area (Å²) < 4.78 is 27.5. The third kappa shape index (κ3) is 4.75. The molecule has 4 atom stereocenters. The fourth-order valence-corrected chi connectivity index (χ4v) is 11.9. The lowest BCUT2D eigenvalue weighted by atomic mass is 9.68. The van der Waals surface area contributed by atoms with E-state index in [9.17, 15) is 13.2 Å². The van der Waals surface area contributed by atoms with E-state index in [4.69, 9.17) is 0 Å². The quantitative estimate of drug-likeness (QED) is 0.373. The summed E-state index contributed by atoms with van der Waals surface area (Å²) in [5.41, 5.74) is 4.31. The highest BCUT2D eigenvalue weighted by atomic mass is 32.2. The van der Waals surface area contributed by atoms with E-state index in [1.807, 2.05) is 12.1 Å². The van der Waals surface area contributed by atoms with Gasteiger partial charge in [0.05, 0.1) is 11.1 Å². The summed E-state index contributed by atoms with van der Waals surface area (Å²) in [6.07, 6.45) is 8.75. The SMILES string of the molecule is CCN1Cc2ccccc2C2(C3CCN(CC4CN(c5ccc(S(=O)(=O)c6cnn(C)c6)cc5)C4)CC3)C1C21CCC[C@@H]1NC(=O)NC. The molecule has 2 N–H and O–H groups in total. The van der Waals surface area contributed by atoms with Crippen LogP contribution in [0.2, 0.25) is 0 Å². The lowest BCUT2D eigenvalue weighted by Crippen LogP contribution is -2.53. The minimum absolute atomic E-state index is 0.0496. The highest BCUT2D eigenvalue weighted by Gasteiger charge is 2.84. The van der Waals surface area contributed by atoms with E-state index in [-0.39, 0.29) is 27.8 Å². The summed E-state index contributed by atoms with van der Waals surface area (Å²) >= 11 is 0. The van der Waals surface area contributed by atoms with Gasteiger partial charge in [0.15, 0.2) is 0 Å². The highest BCUT2D eigenvalue weighted by Crippen LogP contribution is 2.79. The largest absolute Gasteiger partial charge is 0.371 e. The molecule has 3 unspecified atom stereocenters. The minimum Gasteiger partial charge on any atom is -0.371 e. The number of aryl methyl sites for hydroxylation is 1. The Morgan fingerprint density at radius 2 is 1.77 bits per heavy atom. The summed E-state index contributed by atoms with van der Waals surface area (Å²) in [5.74, 6) is 1.21. The monoisotopic (exact) mass is 671 g/mol. The molecular weight excluding hydrogens is 623 g/mol. The van der Waals surface area contributed by atoms with Gasteiger partial charge in [-0.15, -0.1) is 0 Å². The Balaban J connectivity index is 0.934. The fourth-order valence-electron chi connectivity index (χ4n) is 10.7. The van der Waals surface area contributed by atoms with Crippen molar-refractivity contribution in [2.45, 2.75) is 72.9 Å². The number of anilines is 1. The second kappa shape index (κ2) is 11.9. The molecule has 2 aromatic carbocycles. The number of likely N-dealkylation sites (N-methyl/N-ethyl adjacent to an activating group) is 1. The Morgan fingerprint density at radius 3 is 2.46 bits per heavy atom. The van der Waals surface area contributed by atoms with Gasteiger partial charge in [-0.3, -0.25) is 9.58 Å². The zero-order chi connectivity index (χ0) is 33.3. The first kappa shape index (κ1) is 31.8. The molecule has 10 nitrogen and oxygen atoms in total. The summed E-state index contributed by atoms with van der Waals surface area (Å²) in [6.45, 7) is 9.69. The van der Waals surface area contributed by atoms with Gasteiger partial charge in [0, 0.05) is 81.0 Å². The summed E-state index contributed by atoms with van der Waals surface area (Å²) in [7, 11) is -0.118. The van der Waals surface area contributed by atoms with Gasteiger partial charge in [-0.2, -0.15) is 5.10 Å². The van der Waals surface area contributed by atoms with Gasteiger partial charge in [0.25, 0.3) is 0 Å². The molecule has 8 rings (SSSR count). The fraction of sp³-hybridized carbons (Fsp3) is 0.568. The maximum absolute atomic E-state index is 13.0. The molecule has 3 aromatic rings. The van der Waals surface area contributed by atoms with E-state index in [0.717, 1.165) is 57.9 Å². The van der Waals surface area contributed by atoms with Gasteiger partial charge in [0.1, 0.15) is 4.90 Å². The Kier molecular flexibility index (Phi) is 7.88. The second-order valence-corrected chi connectivity index (χ2v) is 16.8. The maximum Gasteiger partial charge on any atom is 0.314 e. The van der Waals surface area contributed by atoms with Crippen molar-refractivity contribution < 1.29 is 13.2 Å². The standard InChI is InChI=1S/C37H49N7O3S/c1-4-43-24-27-8-5-6-9-32(27)37(34(43)36(37)17-7-10-33(36)40-35(45)38-2)28-15-18-42(19-16-28)21-26-22-44(23-26)29-11-13-30(14-12-29)48(46,47)31-20-39-41(3)25-31/h5-6,8-9,11-14,20,25-26,28,33-34H,4,7,10,15-19,21-24H2,1-3H3,(H2,38,40,45)/t33-,34?,36?,37?/m0/s1. The molecule has 2 aliphatic carbocycles. The van der Waals surface area contributed by atoms with Crippen molar-refractivity contribution in [1.82, 2.24) is 30.2 Å². The van der Waals surface area contributed by atoms with E-state index in [0.29, 0.717) is 22.8 Å². The number of piperidine rings is 1. The van der Waals surface area contributed by atoms with Crippen LogP contribution in [0.3, 0.4) is 0 Å². The molecule has 4 heterocycles. The summed E-state index contributed by atoms with van der Waals surface area (Å²) in [4.78, 5) is 21.0. The van der Waals surface area contributed by atoms with E-state index in [1.54, 1.807) is 31.8 Å². The predicted molar refractivity (Wildman–Crippen MR) is 186 cm³/mol. The van der Waals surface area contributed by atoms with Crippen LogP contribution in [-0.4, -0.2) is 92.4 Å². The number of carbonyl (C=O) groups is 1. The lowest BCUT2D eigenvalue weighted by molar-refractivity contribution is 0.112. The van der Waals surface area contributed by atoms with Crippen LogP contribution in [0.5, 0.6) is 0 Å². The molecule has 2 saturated carbocycles. The highest BCUT2D eigenvalue weighted by molar-refractivity contribution is 7.91. The maximum atomic E-state index is 13.0. The van der Waals surface area contributed by atoms with Crippen molar-refractivity contribution in [2.75, 3.05) is 51.2 Å². The summed E-state index contributed by atoms with van der Waals surface area (Å²) in [6, 6.07) is 17.2. The van der Waals surface area contributed by atoms with Gasteiger partial charge >= 0.3 is 6.03 Å². The first-order chi connectivity index (χ1) is 23.2. The number of urea groups is 1. The molecule has 1 spiro atoms. The van der Waals surface area contributed by atoms with Crippen LogP contribution in [-0.2, 0) is 28.8 Å². The van der Waals surface area contributed by atoms with Crippen LogP contribution in [0.1, 0.15) is 50.2 Å². The molecule has 4 fully saturated rings. The average Bonchev–Trinajstić information content (AvgIpc) is 3.31. The van der Waals surface area contributed by atoms with Crippen molar-refractivity contribution >= 4 is 21.6 Å². The molecule has 2 amide bonds. The normalized spacial score (nSPS) is 29.4. The van der Waals surface area contributed by atoms with Crippen LogP contribution in [0.4, 0.5) is 10.5 Å². The zero-order valence-electron chi connectivity index (χ0n) is 28.4. The molecule has 1 aromatic heterocycles.